The number of carbonyl (C=O) groups is 2. The molecule has 0 fully saturated rings. The van der Waals surface area contributed by atoms with E-state index >= 15 is 0 Å². The Morgan fingerprint density at radius 3 is 2.04 bits per heavy atom. The van der Waals surface area contributed by atoms with Gasteiger partial charge in [-0.1, -0.05) is 30.3 Å². The van der Waals surface area contributed by atoms with E-state index in [1.54, 1.807) is 31.2 Å². The lowest BCUT2D eigenvalue weighted by molar-refractivity contribution is -0.137. The number of esters is 1. The number of ether oxygens (including phenoxy) is 3. The molecule has 0 amide bonds. The Bertz CT molecular complexity index is 767. The molecule has 0 heterocycles. The molecule has 142 valence electrons. The smallest absolute Gasteiger partial charge is 0.330 e. The molecular weight excluding hydrogens is 344 g/mol. The van der Waals surface area contributed by atoms with Gasteiger partial charge in [-0.25, -0.2) is 4.79 Å². The zero-order valence-corrected chi connectivity index (χ0v) is 15.4. The Kier molecular flexibility index (Phi) is 8.63. The maximum absolute atomic E-state index is 11.4. The molecule has 0 aliphatic carbocycles. The van der Waals surface area contributed by atoms with Crippen LogP contribution in [0.2, 0.25) is 0 Å². The molecule has 0 bridgehead atoms. The van der Waals surface area contributed by atoms with E-state index in [-0.39, 0.29) is 5.97 Å². The SMILES string of the molecule is CCOC(=O)/C=C/c1ccccc1OCCCCOc1ccccc1C=O. The molecule has 5 heteroatoms. The van der Waals surface area contributed by atoms with Gasteiger partial charge >= 0.3 is 5.97 Å². The highest BCUT2D eigenvalue weighted by Gasteiger charge is 2.03. The first kappa shape index (κ1) is 20.2. The lowest BCUT2D eigenvalue weighted by Crippen LogP contribution is -2.04. The van der Waals surface area contributed by atoms with E-state index in [2.05, 4.69) is 0 Å². The average molecular weight is 368 g/mol. The van der Waals surface area contributed by atoms with E-state index in [0.29, 0.717) is 36.9 Å². The zero-order valence-electron chi connectivity index (χ0n) is 15.4. The summed E-state index contributed by atoms with van der Waals surface area (Å²) in [6, 6.07) is 14.7. The van der Waals surface area contributed by atoms with Crippen LogP contribution in [0.25, 0.3) is 6.08 Å². The second-order valence-corrected chi connectivity index (χ2v) is 5.68. The van der Waals surface area contributed by atoms with Crippen LogP contribution >= 0.6 is 0 Å². The summed E-state index contributed by atoms with van der Waals surface area (Å²) in [6.07, 6.45) is 5.48. The van der Waals surface area contributed by atoms with Crippen molar-refractivity contribution in [3.8, 4) is 11.5 Å². The topological polar surface area (TPSA) is 61.8 Å². The summed E-state index contributed by atoms with van der Waals surface area (Å²) in [5.74, 6) is 0.938. The van der Waals surface area contributed by atoms with Crippen molar-refractivity contribution in [2.75, 3.05) is 19.8 Å². The van der Waals surface area contributed by atoms with Crippen molar-refractivity contribution in [2.45, 2.75) is 19.8 Å². The van der Waals surface area contributed by atoms with Gasteiger partial charge < -0.3 is 14.2 Å². The van der Waals surface area contributed by atoms with E-state index < -0.39 is 0 Å². The fourth-order valence-corrected chi connectivity index (χ4v) is 2.38. The quantitative estimate of drug-likeness (QED) is 0.256. The molecule has 0 spiro atoms. The lowest BCUT2D eigenvalue weighted by Gasteiger charge is -2.10. The zero-order chi connectivity index (χ0) is 19.3. The van der Waals surface area contributed by atoms with E-state index in [0.717, 1.165) is 24.7 Å². The van der Waals surface area contributed by atoms with Crippen LogP contribution in [0.1, 0.15) is 35.7 Å². The maximum atomic E-state index is 11.4. The molecule has 2 aromatic rings. The van der Waals surface area contributed by atoms with Crippen LogP contribution in [0, 0.1) is 0 Å². The Balaban J connectivity index is 1.75. The van der Waals surface area contributed by atoms with Crippen molar-refractivity contribution >= 4 is 18.3 Å². The fourth-order valence-electron chi connectivity index (χ4n) is 2.38. The number of aldehydes is 1. The molecule has 0 unspecified atom stereocenters. The molecule has 0 saturated carbocycles. The second-order valence-electron chi connectivity index (χ2n) is 5.68. The van der Waals surface area contributed by atoms with Crippen LogP contribution in [-0.4, -0.2) is 32.1 Å². The van der Waals surface area contributed by atoms with Gasteiger partial charge in [0.05, 0.1) is 25.4 Å². The van der Waals surface area contributed by atoms with Gasteiger partial charge in [0, 0.05) is 11.6 Å². The van der Waals surface area contributed by atoms with Crippen molar-refractivity contribution < 1.29 is 23.8 Å². The summed E-state index contributed by atoms with van der Waals surface area (Å²) in [4.78, 5) is 22.4. The van der Waals surface area contributed by atoms with Crippen molar-refractivity contribution in [3.05, 3.63) is 65.7 Å². The molecular formula is C22H24O5. The first-order chi connectivity index (χ1) is 13.2. The molecule has 0 aliphatic rings. The van der Waals surface area contributed by atoms with E-state index in [1.807, 2.05) is 30.3 Å². The highest BCUT2D eigenvalue weighted by Crippen LogP contribution is 2.20. The monoisotopic (exact) mass is 368 g/mol. The molecule has 0 N–H and O–H groups in total. The summed E-state index contributed by atoms with van der Waals surface area (Å²) < 4.78 is 16.3. The summed E-state index contributed by atoms with van der Waals surface area (Å²) in [7, 11) is 0. The van der Waals surface area contributed by atoms with E-state index in [4.69, 9.17) is 14.2 Å². The third kappa shape index (κ3) is 6.98. The molecule has 2 rings (SSSR count). The van der Waals surface area contributed by atoms with Gasteiger partial charge in [0.1, 0.15) is 11.5 Å². The number of carbonyl (C=O) groups excluding carboxylic acids is 2. The summed E-state index contributed by atoms with van der Waals surface area (Å²) in [5, 5.41) is 0. The fraction of sp³-hybridized carbons (Fsp3) is 0.273. The number of para-hydroxylation sites is 2. The van der Waals surface area contributed by atoms with Crippen LogP contribution in [0.5, 0.6) is 11.5 Å². The van der Waals surface area contributed by atoms with Gasteiger partial charge in [-0.15, -0.1) is 0 Å². The van der Waals surface area contributed by atoms with Gasteiger partial charge in [-0.2, -0.15) is 0 Å². The molecule has 27 heavy (non-hydrogen) atoms. The summed E-state index contributed by atoms with van der Waals surface area (Å²) >= 11 is 0. The minimum absolute atomic E-state index is 0.348. The van der Waals surface area contributed by atoms with Gasteiger partial charge in [0.2, 0.25) is 0 Å². The predicted molar refractivity (Wildman–Crippen MR) is 104 cm³/mol. The summed E-state index contributed by atoms with van der Waals surface area (Å²) in [5.41, 5.74) is 1.37. The Hall–Kier alpha value is -3.08. The van der Waals surface area contributed by atoms with Gasteiger partial charge in [-0.05, 0) is 44.0 Å². The third-order valence-electron chi connectivity index (χ3n) is 3.70. The highest BCUT2D eigenvalue weighted by atomic mass is 16.5. The Morgan fingerprint density at radius 2 is 1.44 bits per heavy atom. The Labute approximate surface area is 159 Å². The van der Waals surface area contributed by atoms with Crippen LogP contribution in [0.3, 0.4) is 0 Å². The molecule has 0 aromatic heterocycles. The largest absolute Gasteiger partial charge is 0.493 e. The van der Waals surface area contributed by atoms with Crippen LogP contribution in [0.15, 0.2) is 54.6 Å². The first-order valence-electron chi connectivity index (χ1n) is 8.98. The molecule has 0 atom stereocenters. The lowest BCUT2D eigenvalue weighted by atomic mass is 10.2. The standard InChI is InChI=1S/C22H24O5/c1-2-25-22(24)14-13-18-9-3-5-11-20(18)26-15-7-8-16-27-21-12-6-4-10-19(21)17-23/h3-6,9-14,17H,2,7-8,15-16H2,1H3/b14-13+. The minimum Gasteiger partial charge on any atom is -0.493 e. The van der Waals surface area contributed by atoms with Crippen LogP contribution in [-0.2, 0) is 9.53 Å². The molecule has 5 nitrogen and oxygen atoms in total. The molecule has 0 radical (unpaired) electrons. The number of hydrogen-bond acceptors (Lipinski definition) is 5. The number of unbranched alkanes of at least 4 members (excludes halogenated alkanes) is 1. The third-order valence-corrected chi connectivity index (χ3v) is 3.70. The first-order valence-corrected chi connectivity index (χ1v) is 8.98. The van der Waals surface area contributed by atoms with Crippen molar-refractivity contribution in [2.24, 2.45) is 0 Å². The minimum atomic E-state index is -0.375. The van der Waals surface area contributed by atoms with Gasteiger partial charge in [0.15, 0.2) is 6.29 Å². The number of hydrogen-bond donors (Lipinski definition) is 0. The van der Waals surface area contributed by atoms with Crippen molar-refractivity contribution in [3.63, 3.8) is 0 Å². The maximum Gasteiger partial charge on any atom is 0.330 e. The normalized spacial score (nSPS) is 10.6. The average Bonchev–Trinajstić information content (AvgIpc) is 2.70. The van der Waals surface area contributed by atoms with E-state index in [1.165, 1.54) is 6.08 Å². The highest BCUT2D eigenvalue weighted by molar-refractivity contribution is 5.87. The van der Waals surface area contributed by atoms with Crippen molar-refractivity contribution in [1.82, 2.24) is 0 Å². The molecule has 0 aliphatic heterocycles. The number of benzene rings is 2. The molecule has 2 aromatic carbocycles. The number of rotatable bonds is 11. The summed E-state index contributed by atoms with van der Waals surface area (Å²) in [6.45, 7) is 3.16. The second kappa shape index (κ2) is 11.5. The molecule has 0 saturated heterocycles. The van der Waals surface area contributed by atoms with Crippen molar-refractivity contribution in [1.29, 1.82) is 0 Å². The predicted octanol–water partition coefficient (Wildman–Crippen LogP) is 4.31. The van der Waals surface area contributed by atoms with Crippen LogP contribution in [0.4, 0.5) is 0 Å². The van der Waals surface area contributed by atoms with Crippen LogP contribution < -0.4 is 9.47 Å². The van der Waals surface area contributed by atoms with E-state index in [9.17, 15) is 9.59 Å². The Morgan fingerprint density at radius 1 is 0.889 bits per heavy atom. The van der Waals surface area contributed by atoms with Gasteiger partial charge in [-0.3, -0.25) is 4.79 Å². The van der Waals surface area contributed by atoms with Gasteiger partial charge in [0.25, 0.3) is 0 Å².